The highest BCUT2D eigenvalue weighted by Crippen LogP contribution is 2.25. The van der Waals surface area contributed by atoms with Crippen LogP contribution in [0.5, 0.6) is 0 Å². The lowest BCUT2D eigenvalue weighted by atomic mass is 10.3. The molecule has 2 heterocycles. The van der Waals surface area contributed by atoms with E-state index in [0.717, 1.165) is 0 Å². The quantitative estimate of drug-likeness (QED) is 0.540. The zero-order valence-electron chi connectivity index (χ0n) is 12.6. The van der Waals surface area contributed by atoms with E-state index in [1.807, 2.05) is 0 Å². The predicted molar refractivity (Wildman–Crippen MR) is 81.4 cm³/mol. The van der Waals surface area contributed by atoms with Gasteiger partial charge in [-0.25, -0.2) is 13.8 Å². The normalized spacial score (nSPS) is 11.3. The minimum Gasteiger partial charge on any atom is -0.469 e. The predicted octanol–water partition coefficient (Wildman–Crippen LogP) is 3.74. The Kier molecular flexibility index (Phi) is 4.28. The molecule has 0 bridgehead atoms. The van der Waals surface area contributed by atoms with Crippen molar-refractivity contribution in [3.8, 4) is 0 Å². The molecule has 24 heavy (non-hydrogen) atoms. The zero-order chi connectivity index (χ0) is 17.1. The van der Waals surface area contributed by atoms with Crippen LogP contribution in [0.4, 0.5) is 20.3 Å². The molecule has 0 unspecified atom stereocenters. The second-order valence-electron chi connectivity index (χ2n) is 4.89. The van der Waals surface area contributed by atoms with Gasteiger partial charge in [-0.05, 0) is 24.3 Å². The first-order valence-corrected chi connectivity index (χ1v) is 6.97. The standard InChI is InChI=1S/C16H12F2N4O2/c1-24-15(23)8-13-16(21-20-12-4-2-3-10(17)7-12)22-9-11(18)5-6-14(22)19-13/h2-7,9H,8H2,1H3. The number of methoxy groups -OCH3 is 1. The SMILES string of the molecule is COC(=O)Cc1nc2ccc(F)cn2c1N=Nc1cccc(F)c1. The Labute approximate surface area is 135 Å². The number of pyridine rings is 1. The van der Waals surface area contributed by atoms with E-state index in [2.05, 4.69) is 19.9 Å². The summed E-state index contributed by atoms with van der Waals surface area (Å²) < 4.78 is 32.7. The summed E-state index contributed by atoms with van der Waals surface area (Å²) in [4.78, 5) is 15.8. The summed E-state index contributed by atoms with van der Waals surface area (Å²) in [6, 6.07) is 8.25. The molecule has 2 aromatic heterocycles. The molecule has 3 rings (SSSR count). The maximum atomic E-state index is 13.5. The highest BCUT2D eigenvalue weighted by atomic mass is 19.1. The van der Waals surface area contributed by atoms with Crippen molar-refractivity contribution in [1.29, 1.82) is 0 Å². The van der Waals surface area contributed by atoms with Crippen LogP contribution in [0.1, 0.15) is 5.69 Å². The molecule has 0 saturated carbocycles. The molecule has 8 heteroatoms. The lowest BCUT2D eigenvalue weighted by molar-refractivity contribution is -0.139. The fraction of sp³-hybridized carbons (Fsp3) is 0.125. The number of hydrogen-bond acceptors (Lipinski definition) is 5. The molecule has 0 aliphatic rings. The van der Waals surface area contributed by atoms with Gasteiger partial charge in [-0.3, -0.25) is 9.20 Å². The molecule has 0 spiro atoms. The van der Waals surface area contributed by atoms with E-state index >= 15 is 0 Å². The lowest BCUT2D eigenvalue weighted by Crippen LogP contribution is -2.04. The molecular formula is C16H12F2N4O2. The number of azo groups is 1. The zero-order valence-corrected chi connectivity index (χ0v) is 12.6. The summed E-state index contributed by atoms with van der Waals surface area (Å²) in [5.74, 6) is -1.28. The van der Waals surface area contributed by atoms with Crippen molar-refractivity contribution in [2.24, 2.45) is 10.2 Å². The van der Waals surface area contributed by atoms with Gasteiger partial charge in [-0.2, -0.15) is 0 Å². The summed E-state index contributed by atoms with van der Waals surface area (Å²) >= 11 is 0. The number of esters is 1. The van der Waals surface area contributed by atoms with Gasteiger partial charge in [0.05, 0.1) is 24.9 Å². The first kappa shape index (κ1) is 15.7. The Morgan fingerprint density at radius 2 is 2.04 bits per heavy atom. The van der Waals surface area contributed by atoms with E-state index in [-0.39, 0.29) is 23.6 Å². The van der Waals surface area contributed by atoms with E-state index in [9.17, 15) is 13.6 Å². The first-order chi connectivity index (χ1) is 11.6. The maximum absolute atomic E-state index is 13.5. The Balaban J connectivity index is 2.07. The molecule has 0 aliphatic heterocycles. The smallest absolute Gasteiger partial charge is 0.311 e. The van der Waals surface area contributed by atoms with Gasteiger partial charge in [-0.15, -0.1) is 10.2 Å². The minimum absolute atomic E-state index is 0.142. The van der Waals surface area contributed by atoms with E-state index in [4.69, 9.17) is 0 Å². The molecule has 0 fully saturated rings. The van der Waals surface area contributed by atoms with Crippen molar-refractivity contribution in [3.63, 3.8) is 0 Å². The Hall–Kier alpha value is -3.16. The number of nitrogens with zero attached hydrogens (tertiary/aromatic N) is 4. The Bertz CT molecular complexity index is 937. The molecule has 0 atom stereocenters. The number of fused-ring (bicyclic) bond motifs is 1. The van der Waals surface area contributed by atoms with Crippen molar-refractivity contribution < 1.29 is 18.3 Å². The molecule has 1 aromatic carbocycles. The topological polar surface area (TPSA) is 68.3 Å². The first-order valence-electron chi connectivity index (χ1n) is 6.97. The van der Waals surface area contributed by atoms with Gasteiger partial charge in [-0.1, -0.05) is 6.07 Å². The number of carbonyl (C=O) groups is 1. The second kappa shape index (κ2) is 6.53. The highest BCUT2D eigenvalue weighted by Gasteiger charge is 2.16. The van der Waals surface area contributed by atoms with Gasteiger partial charge in [0.1, 0.15) is 17.3 Å². The van der Waals surface area contributed by atoms with Crippen LogP contribution in [-0.4, -0.2) is 22.5 Å². The van der Waals surface area contributed by atoms with Gasteiger partial charge in [0.25, 0.3) is 0 Å². The largest absolute Gasteiger partial charge is 0.469 e. The Morgan fingerprint density at radius 3 is 2.79 bits per heavy atom. The van der Waals surface area contributed by atoms with Crippen molar-refractivity contribution in [2.75, 3.05) is 7.11 Å². The second-order valence-corrected chi connectivity index (χ2v) is 4.89. The van der Waals surface area contributed by atoms with Crippen LogP contribution in [-0.2, 0) is 16.0 Å². The van der Waals surface area contributed by atoms with Crippen LogP contribution >= 0.6 is 0 Å². The number of aromatic nitrogens is 2. The maximum Gasteiger partial charge on any atom is 0.311 e. The molecule has 0 radical (unpaired) electrons. The number of rotatable bonds is 4. The van der Waals surface area contributed by atoms with Gasteiger partial charge in [0.15, 0.2) is 5.82 Å². The van der Waals surface area contributed by atoms with Crippen LogP contribution in [0.2, 0.25) is 0 Å². The average Bonchev–Trinajstić information content (AvgIpc) is 2.89. The van der Waals surface area contributed by atoms with Gasteiger partial charge in [0, 0.05) is 12.3 Å². The number of benzene rings is 1. The molecular weight excluding hydrogens is 318 g/mol. The monoisotopic (exact) mass is 330 g/mol. The minimum atomic E-state index is -0.513. The molecule has 6 nitrogen and oxygen atoms in total. The molecule has 0 amide bonds. The number of hydrogen-bond donors (Lipinski definition) is 0. The summed E-state index contributed by atoms with van der Waals surface area (Å²) in [5.41, 5.74) is 0.974. The van der Waals surface area contributed by atoms with Gasteiger partial charge < -0.3 is 4.74 Å². The Morgan fingerprint density at radius 1 is 1.21 bits per heavy atom. The van der Waals surface area contributed by atoms with Crippen LogP contribution in [0.15, 0.2) is 52.8 Å². The fourth-order valence-corrected chi connectivity index (χ4v) is 2.13. The summed E-state index contributed by atoms with van der Waals surface area (Å²) in [5, 5.41) is 7.95. The summed E-state index contributed by atoms with van der Waals surface area (Å²) in [6.45, 7) is 0. The third-order valence-corrected chi connectivity index (χ3v) is 3.23. The highest BCUT2D eigenvalue weighted by molar-refractivity contribution is 5.74. The molecule has 0 aliphatic carbocycles. The van der Waals surface area contributed by atoms with Crippen molar-refractivity contribution in [2.45, 2.75) is 6.42 Å². The molecule has 122 valence electrons. The van der Waals surface area contributed by atoms with E-state index < -0.39 is 17.6 Å². The third kappa shape index (κ3) is 3.27. The van der Waals surface area contributed by atoms with Crippen LogP contribution in [0, 0.1) is 11.6 Å². The van der Waals surface area contributed by atoms with Crippen molar-refractivity contribution in [3.05, 3.63) is 59.9 Å². The number of carbonyl (C=O) groups excluding carboxylic acids is 1. The number of ether oxygens (including phenoxy) is 1. The van der Waals surface area contributed by atoms with E-state index in [1.54, 1.807) is 6.07 Å². The average molecular weight is 330 g/mol. The van der Waals surface area contributed by atoms with E-state index in [1.165, 1.54) is 48.0 Å². The van der Waals surface area contributed by atoms with E-state index in [0.29, 0.717) is 5.65 Å². The van der Waals surface area contributed by atoms with Crippen molar-refractivity contribution in [1.82, 2.24) is 9.38 Å². The summed E-state index contributed by atoms with van der Waals surface area (Å²) in [7, 11) is 1.26. The van der Waals surface area contributed by atoms with Gasteiger partial charge in [0.2, 0.25) is 0 Å². The van der Waals surface area contributed by atoms with Crippen molar-refractivity contribution >= 4 is 23.1 Å². The van der Waals surface area contributed by atoms with Crippen LogP contribution in [0.3, 0.4) is 0 Å². The van der Waals surface area contributed by atoms with Crippen LogP contribution in [0.25, 0.3) is 5.65 Å². The summed E-state index contributed by atoms with van der Waals surface area (Å²) in [6.07, 6.45) is 1.04. The van der Waals surface area contributed by atoms with Crippen LogP contribution < -0.4 is 0 Å². The lowest BCUT2D eigenvalue weighted by Gasteiger charge is -1.99. The number of imidazole rings is 1. The molecule has 3 aromatic rings. The molecule has 0 N–H and O–H groups in total. The molecule has 0 saturated heterocycles. The number of halogens is 2. The fourth-order valence-electron chi connectivity index (χ4n) is 2.13. The van der Waals surface area contributed by atoms with Gasteiger partial charge >= 0.3 is 5.97 Å². The third-order valence-electron chi connectivity index (χ3n) is 3.23.